The van der Waals surface area contributed by atoms with Crippen molar-refractivity contribution in [1.82, 2.24) is 0 Å². The number of benzene rings is 3. The highest BCUT2D eigenvalue weighted by Crippen LogP contribution is 2.45. The first-order valence-corrected chi connectivity index (χ1v) is 12.2. The lowest BCUT2D eigenvalue weighted by molar-refractivity contribution is -0.122. The lowest BCUT2D eigenvalue weighted by Gasteiger charge is -2.28. The van der Waals surface area contributed by atoms with Crippen LogP contribution in [-0.4, -0.2) is 30.3 Å². The van der Waals surface area contributed by atoms with E-state index in [1.807, 2.05) is 18.2 Å². The summed E-state index contributed by atoms with van der Waals surface area (Å²) in [5, 5.41) is 2.51. The maximum absolute atomic E-state index is 13.2. The highest BCUT2D eigenvalue weighted by atomic mass is 19.1. The van der Waals surface area contributed by atoms with Gasteiger partial charge in [-0.3, -0.25) is 19.3 Å². The largest absolute Gasteiger partial charge is 0.452 e. The van der Waals surface area contributed by atoms with E-state index in [9.17, 15) is 23.6 Å². The number of anilines is 2. The van der Waals surface area contributed by atoms with Gasteiger partial charge in [0.05, 0.1) is 23.1 Å². The van der Waals surface area contributed by atoms with Crippen LogP contribution in [0.4, 0.5) is 15.8 Å². The number of fused-ring (bicyclic) bond motifs is 1. The van der Waals surface area contributed by atoms with Crippen molar-refractivity contribution in [1.29, 1.82) is 0 Å². The molecule has 0 spiro atoms. The molecule has 1 saturated heterocycles. The van der Waals surface area contributed by atoms with Crippen LogP contribution in [-0.2, 0) is 19.1 Å². The normalized spacial score (nSPS) is 20.9. The van der Waals surface area contributed by atoms with Gasteiger partial charge >= 0.3 is 5.97 Å². The monoisotopic (exact) mass is 500 g/mol. The SMILES string of the molecule is O=C(COC(=O)c1ccc(N2C(=O)[C@H]3C[C@@H](c4ccccc4)CC[C@H]3C2=O)cc1)Nc1ccc(F)cc1. The first-order chi connectivity index (χ1) is 17.9. The Labute approximate surface area is 213 Å². The van der Waals surface area contributed by atoms with E-state index in [1.165, 1.54) is 59.0 Å². The van der Waals surface area contributed by atoms with Gasteiger partial charge < -0.3 is 10.1 Å². The van der Waals surface area contributed by atoms with Crippen molar-refractivity contribution in [2.75, 3.05) is 16.8 Å². The zero-order valence-corrected chi connectivity index (χ0v) is 19.9. The Bertz CT molecular complexity index is 1320. The molecule has 0 radical (unpaired) electrons. The zero-order chi connectivity index (χ0) is 25.9. The van der Waals surface area contributed by atoms with Gasteiger partial charge in [-0.25, -0.2) is 9.18 Å². The summed E-state index contributed by atoms with van der Waals surface area (Å²) in [6, 6.07) is 21.3. The van der Waals surface area contributed by atoms with Gasteiger partial charge in [-0.2, -0.15) is 0 Å². The number of halogens is 1. The molecule has 0 bridgehead atoms. The number of ether oxygens (including phenoxy) is 1. The van der Waals surface area contributed by atoms with Crippen molar-refractivity contribution in [3.63, 3.8) is 0 Å². The predicted molar refractivity (Wildman–Crippen MR) is 134 cm³/mol. The van der Waals surface area contributed by atoms with Gasteiger partial charge in [0.25, 0.3) is 5.91 Å². The van der Waals surface area contributed by atoms with Gasteiger partial charge in [-0.1, -0.05) is 30.3 Å². The molecule has 3 atom stereocenters. The molecule has 0 aromatic heterocycles. The lowest BCUT2D eigenvalue weighted by atomic mass is 9.73. The van der Waals surface area contributed by atoms with Crippen LogP contribution < -0.4 is 10.2 Å². The summed E-state index contributed by atoms with van der Waals surface area (Å²) in [4.78, 5) is 52.0. The van der Waals surface area contributed by atoms with Crippen LogP contribution in [0.5, 0.6) is 0 Å². The first kappa shape index (κ1) is 24.4. The molecule has 1 aliphatic heterocycles. The Balaban J connectivity index is 1.20. The number of carbonyl (C=O) groups is 4. The molecule has 1 aliphatic carbocycles. The van der Waals surface area contributed by atoms with Crippen LogP contribution in [0.1, 0.15) is 41.1 Å². The summed E-state index contributed by atoms with van der Waals surface area (Å²) >= 11 is 0. The summed E-state index contributed by atoms with van der Waals surface area (Å²) in [6.07, 6.45) is 2.16. The second-order valence-corrected chi connectivity index (χ2v) is 9.32. The fourth-order valence-corrected chi connectivity index (χ4v) is 5.15. The summed E-state index contributed by atoms with van der Waals surface area (Å²) in [5.41, 5.74) is 2.15. The molecular formula is C29H25FN2O5. The van der Waals surface area contributed by atoms with Crippen molar-refractivity contribution in [2.24, 2.45) is 11.8 Å². The minimum atomic E-state index is -0.723. The standard InChI is InChI=1S/C29H25FN2O5/c30-21-9-11-22(12-10-21)31-26(33)17-37-29(36)19-6-13-23(14-7-19)32-27(34)24-15-8-20(16-25(24)28(32)35)18-4-2-1-3-5-18/h1-7,9-14,20,24-25H,8,15-17H2,(H,31,33)/t20-,24+,25-/m0/s1. The van der Waals surface area contributed by atoms with E-state index in [1.54, 1.807) is 0 Å². The molecule has 3 amide bonds. The summed E-state index contributed by atoms with van der Waals surface area (Å²) < 4.78 is 18.0. The van der Waals surface area contributed by atoms with Crippen molar-refractivity contribution in [3.8, 4) is 0 Å². The van der Waals surface area contributed by atoms with Crippen molar-refractivity contribution in [3.05, 3.63) is 95.8 Å². The summed E-state index contributed by atoms with van der Waals surface area (Å²) in [5.74, 6) is -2.55. The van der Waals surface area contributed by atoms with Gasteiger partial charge in [0, 0.05) is 5.69 Å². The molecule has 1 heterocycles. The molecule has 3 aromatic rings. The predicted octanol–water partition coefficient (Wildman–Crippen LogP) is 4.69. The van der Waals surface area contributed by atoms with Gasteiger partial charge in [0.1, 0.15) is 5.82 Å². The number of carbonyl (C=O) groups excluding carboxylic acids is 4. The Morgan fingerprint density at radius 3 is 2.24 bits per heavy atom. The van der Waals surface area contributed by atoms with Crippen LogP contribution in [0.3, 0.4) is 0 Å². The molecular weight excluding hydrogens is 475 g/mol. The molecule has 1 N–H and O–H groups in total. The fraction of sp³-hybridized carbons (Fsp3) is 0.241. The third-order valence-corrected chi connectivity index (χ3v) is 7.02. The van der Waals surface area contributed by atoms with Crippen LogP contribution in [0.2, 0.25) is 0 Å². The Morgan fingerprint density at radius 1 is 0.865 bits per heavy atom. The highest BCUT2D eigenvalue weighted by molar-refractivity contribution is 6.22. The van der Waals surface area contributed by atoms with Crippen LogP contribution in [0, 0.1) is 17.7 Å². The molecule has 5 rings (SSSR count). The molecule has 1 saturated carbocycles. The fourth-order valence-electron chi connectivity index (χ4n) is 5.15. The third kappa shape index (κ3) is 5.14. The number of amides is 3. The van der Waals surface area contributed by atoms with E-state index in [0.717, 1.165) is 6.42 Å². The zero-order valence-electron chi connectivity index (χ0n) is 19.9. The summed E-state index contributed by atoms with van der Waals surface area (Å²) in [6.45, 7) is -0.521. The second-order valence-electron chi connectivity index (χ2n) is 9.32. The number of nitrogens with zero attached hydrogens (tertiary/aromatic N) is 1. The van der Waals surface area contributed by atoms with Crippen molar-refractivity contribution < 1.29 is 28.3 Å². The maximum atomic E-state index is 13.2. The van der Waals surface area contributed by atoms with Crippen LogP contribution in [0.15, 0.2) is 78.9 Å². The number of hydrogen-bond donors (Lipinski definition) is 1. The highest BCUT2D eigenvalue weighted by Gasteiger charge is 2.50. The minimum Gasteiger partial charge on any atom is -0.452 e. The van der Waals surface area contributed by atoms with Gasteiger partial charge in [0.15, 0.2) is 6.61 Å². The average molecular weight is 501 g/mol. The third-order valence-electron chi connectivity index (χ3n) is 7.02. The maximum Gasteiger partial charge on any atom is 0.338 e. The van der Waals surface area contributed by atoms with E-state index in [-0.39, 0.29) is 35.1 Å². The van der Waals surface area contributed by atoms with E-state index in [0.29, 0.717) is 24.2 Å². The van der Waals surface area contributed by atoms with Crippen LogP contribution in [0.25, 0.3) is 0 Å². The van der Waals surface area contributed by atoms with Crippen molar-refractivity contribution >= 4 is 35.1 Å². The number of rotatable bonds is 6. The van der Waals surface area contributed by atoms with E-state index in [2.05, 4.69) is 17.4 Å². The molecule has 2 aliphatic rings. The minimum absolute atomic E-state index is 0.180. The van der Waals surface area contributed by atoms with Crippen LogP contribution >= 0.6 is 0 Å². The van der Waals surface area contributed by atoms with Crippen molar-refractivity contribution in [2.45, 2.75) is 25.2 Å². The number of imide groups is 1. The van der Waals surface area contributed by atoms with Gasteiger partial charge in [-0.15, -0.1) is 0 Å². The van der Waals surface area contributed by atoms with Gasteiger partial charge in [0.2, 0.25) is 11.8 Å². The Morgan fingerprint density at radius 2 is 1.54 bits per heavy atom. The van der Waals surface area contributed by atoms with Gasteiger partial charge in [-0.05, 0) is 79.3 Å². The Hall–Kier alpha value is -4.33. The second kappa shape index (κ2) is 10.3. The molecule has 37 heavy (non-hydrogen) atoms. The number of hydrogen-bond acceptors (Lipinski definition) is 5. The lowest BCUT2D eigenvalue weighted by Crippen LogP contribution is -2.30. The number of nitrogens with one attached hydrogen (secondary N) is 1. The molecule has 2 fully saturated rings. The molecule has 188 valence electrons. The Kier molecular flexibility index (Phi) is 6.81. The quantitative estimate of drug-likeness (QED) is 0.391. The topological polar surface area (TPSA) is 92.8 Å². The molecule has 7 nitrogen and oxygen atoms in total. The first-order valence-electron chi connectivity index (χ1n) is 12.2. The average Bonchev–Trinajstić information content (AvgIpc) is 3.18. The molecule has 3 aromatic carbocycles. The molecule has 8 heteroatoms. The van der Waals surface area contributed by atoms with E-state index >= 15 is 0 Å². The summed E-state index contributed by atoms with van der Waals surface area (Å²) in [7, 11) is 0. The number of esters is 1. The van der Waals surface area contributed by atoms with E-state index in [4.69, 9.17) is 4.74 Å². The van der Waals surface area contributed by atoms with E-state index < -0.39 is 24.3 Å². The smallest absolute Gasteiger partial charge is 0.338 e. The molecule has 0 unspecified atom stereocenters.